The van der Waals surface area contributed by atoms with Gasteiger partial charge in [-0.15, -0.1) is 0 Å². The van der Waals surface area contributed by atoms with Crippen molar-refractivity contribution in [1.29, 1.82) is 0 Å². The predicted octanol–water partition coefficient (Wildman–Crippen LogP) is 0.697. The molecule has 0 radical (unpaired) electrons. The smallest absolute Gasteiger partial charge is 0.220 e. The van der Waals surface area contributed by atoms with Gasteiger partial charge < -0.3 is 10.6 Å². The van der Waals surface area contributed by atoms with Crippen LogP contribution >= 0.6 is 0 Å². The molecule has 4 nitrogen and oxygen atoms in total. The Morgan fingerprint density at radius 1 is 1.40 bits per heavy atom. The molecule has 82 valence electrons. The normalized spacial score (nSPS) is 9.93. The van der Waals surface area contributed by atoms with E-state index in [0.717, 1.165) is 18.5 Å². The van der Waals surface area contributed by atoms with Crippen LogP contribution in [0.5, 0.6) is 0 Å². The topological polar surface area (TPSA) is 54.0 Å². The lowest BCUT2D eigenvalue weighted by atomic mass is 10.2. The summed E-state index contributed by atoms with van der Waals surface area (Å²) < 4.78 is 0. The second kappa shape index (κ2) is 6.95. The van der Waals surface area contributed by atoms with Crippen molar-refractivity contribution < 1.29 is 4.79 Å². The zero-order chi connectivity index (χ0) is 10.9. The Balaban J connectivity index is 2.17. The van der Waals surface area contributed by atoms with Gasteiger partial charge in [0.25, 0.3) is 0 Å². The van der Waals surface area contributed by atoms with Crippen molar-refractivity contribution in [1.82, 2.24) is 15.6 Å². The molecule has 2 N–H and O–H groups in total. The molecular formula is C11H17N3O. The van der Waals surface area contributed by atoms with Crippen molar-refractivity contribution in [3.05, 3.63) is 30.1 Å². The van der Waals surface area contributed by atoms with Crippen LogP contribution in [0, 0.1) is 0 Å². The largest absolute Gasteiger partial charge is 0.352 e. The molecule has 0 unspecified atom stereocenters. The number of nitrogens with one attached hydrogen (secondary N) is 2. The van der Waals surface area contributed by atoms with Gasteiger partial charge in [0.15, 0.2) is 0 Å². The number of carbonyl (C=O) groups is 1. The van der Waals surface area contributed by atoms with Crippen molar-refractivity contribution in [2.45, 2.75) is 19.4 Å². The summed E-state index contributed by atoms with van der Waals surface area (Å²) in [5, 5.41) is 5.87. The van der Waals surface area contributed by atoms with Gasteiger partial charge in [-0.2, -0.15) is 0 Å². The third-order valence-corrected chi connectivity index (χ3v) is 2.07. The molecule has 0 aliphatic rings. The lowest BCUT2D eigenvalue weighted by Crippen LogP contribution is -2.23. The Morgan fingerprint density at radius 2 is 2.13 bits per heavy atom. The van der Waals surface area contributed by atoms with Gasteiger partial charge >= 0.3 is 0 Å². The van der Waals surface area contributed by atoms with Gasteiger partial charge in [0.05, 0.1) is 0 Å². The van der Waals surface area contributed by atoms with Crippen LogP contribution in [-0.2, 0) is 11.3 Å². The van der Waals surface area contributed by atoms with Gasteiger partial charge in [0.2, 0.25) is 5.91 Å². The first-order valence-electron chi connectivity index (χ1n) is 5.13. The van der Waals surface area contributed by atoms with Crippen LogP contribution in [0.4, 0.5) is 0 Å². The zero-order valence-corrected chi connectivity index (χ0v) is 8.99. The van der Waals surface area contributed by atoms with E-state index in [-0.39, 0.29) is 5.91 Å². The van der Waals surface area contributed by atoms with Gasteiger partial charge in [-0.3, -0.25) is 9.78 Å². The Morgan fingerprint density at radius 3 is 2.80 bits per heavy atom. The SMILES string of the molecule is CNCCCC(=O)NCc1ccncc1. The molecule has 1 aromatic rings. The maximum atomic E-state index is 11.3. The Kier molecular flexibility index (Phi) is 5.40. The summed E-state index contributed by atoms with van der Waals surface area (Å²) in [6, 6.07) is 3.79. The molecule has 0 saturated heterocycles. The summed E-state index contributed by atoms with van der Waals surface area (Å²) in [6.07, 6.45) is 4.90. The monoisotopic (exact) mass is 207 g/mol. The van der Waals surface area contributed by atoms with E-state index < -0.39 is 0 Å². The van der Waals surface area contributed by atoms with Gasteiger partial charge in [0.1, 0.15) is 0 Å². The summed E-state index contributed by atoms with van der Waals surface area (Å²) >= 11 is 0. The molecule has 0 saturated carbocycles. The lowest BCUT2D eigenvalue weighted by Gasteiger charge is -2.04. The van der Waals surface area contributed by atoms with Crippen LogP contribution in [0.2, 0.25) is 0 Å². The number of carbonyl (C=O) groups excluding carboxylic acids is 1. The highest BCUT2D eigenvalue weighted by molar-refractivity contribution is 5.75. The average Bonchev–Trinajstić information content (AvgIpc) is 2.28. The quantitative estimate of drug-likeness (QED) is 0.675. The number of nitrogens with zero attached hydrogens (tertiary/aromatic N) is 1. The van der Waals surface area contributed by atoms with Gasteiger partial charge in [-0.25, -0.2) is 0 Å². The van der Waals surface area contributed by atoms with E-state index in [4.69, 9.17) is 0 Å². The first-order chi connectivity index (χ1) is 7.33. The molecule has 0 aliphatic heterocycles. The van der Waals surface area contributed by atoms with Crippen LogP contribution in [-0.4, -0.2) is 24.5 Å². The molecule has 0 aliphatic carbocycles. The van der Waals surface area contributed by atoms with Crippen LogP contribution in [0.1, 0.15) is 18.4 Å². The van der Waals surface area contributed by atoms with E-state index in [1.165, 1.54) is 0 Å². The maximum absolute atomic E-state index is 11.3. The standard InChI is InChI=1S/C11H17N3O/c1-12-6-2-3-11(15)14-9-10-4-7-13-8-5-10/h4-5,7-8,12H,2-3,6,9H2,1H3,(H,14,15). The summed E-state index contributed by atoms with van der Waals surface area (Å²) in [7, 11) is 1.88. The molecule has 0 bridgehead atoms. The van der Waals surface area contributed by atoms with E-state index in [0.29, 0.717) is 13.0 Å². The van der Waals surface area contributed by atoms with E-state index in [2.05, 4.69) is 15.6 Å². The van der Waals surface area contributed by atoms with E-state index in [9.17, 15) is 4.79 Å². The minimum Gasteiger partial charge on any atom is -0.352 e. The minimum absolute atomic E-state index is 0.0991. The van der Waals surface area contributed by atoms with Crippen LogP contribution in [0.3, 0.4) is 0 Å². The molecule has 4 heteroatoms. The van der Waals surface area contributed by atoms with E-state index in [1.807, 2.05) is 19.2 Å². The van der Waals surface area contributed by atoms with Crippen molar-refractivity contribution >= 4 is 5.91 Å². The zero-order valence-electron chi connectivity index (χ0n) is 8.99. The van der Waals surface area contributed by atoms with Gasteiger partial charge in [-0.1, -0.05) is 0 Å². The fourth-order valence-corrected chi connectivity index (χ4v) is 1.22. The van der Waals surface area contributed by atoms with E-state index in [1.54, 1.807) is 12.4 Å². The molecule has 0 fully saturated rings. The summed E-state index contributed by atoms with van der Waals surface area (Å²) in [6.45, 7) is 1.46. The van der Waals surface area contributed by atoms with Gasteiger partial charge in [0, 0.05) is 25.4 Å². The van der Waals surface area contributed by atoms with Crippen molar-refractivity contribution in [3.63, 3.8) is 0 Å². The van der Waals surface area contributed by atoms with Crippen molar-refractivity contribution in [2.24, 2.45) is 0 Å². The number of aromatic nitrogens is 1. The highest BCUT2D eigenvalue weighted by atomic mass is 16.1. The fraction of sp³-hybridized carbons (Fsp3) is 0.455. The Bertz CT molecular complexity index is 287. The summed E-state index contributed by atoms with van der Waals surface area (Å²) in [5.74, 6) is 0.0991. The molecule has 1 amide bonds. The third kappa shape index (κ3) is 5.12. The molecular weight excluding hydrogens is 190 g/mol. The van der Waals surface area contributed by atoms with E-state index >= 15 is 0 Å². The van der Waals surface area contributed by atoms with Crippen LogP contribution in [0.15, 0.2) is 24.5 Å². The van der Waals surface area contributed by atoms with Crippen molar-refractivity contribution in [3.8, 4) is 0 Å². The Hall–Kier alpha value is -1.42. The highest BCUT2D eigenvalue weighted by Crippen LogP contribution is 1.95. The fourth-order valence-electron chi connectivity index (χ4n) is 1.22. The predicted molar refractivity (Wildman–Crippen MR) is 59.2 cm³/mol. The number of hydrogen-bond acceptors (Lipinski definition) is 3. The molecule has 1 rings (SSSR count). The molecule has 1 heterocycles. The number of rotatable bonds is 6. The second-order valence-corrected chi connectivity index (χ2v) is 3.34. The molecule has 1 aromatic heterocycles. The van der Waals surface area contributed by atoms with Crippen molar-refractivity contribution in [2.75, 3.05) is 13.6 Å². The highest BCUT2D eigenvalue weighted by Gasteiger charge is 1.99. The second-order valence-electron chi connectivity index (χ2n) is 3.34. The lowest BCUT2D eigenvalue weighted by molar-refractivity contribution is -0.121. The van der Waals surface area contributed by atoms with Gasteiger partial charge in [-0.05, 0) is 37.7 Å². The first-order valence-corrected chi connectivity index (χ1v) is 5.13. The van der Waals surface area contributed by atoms with Crippen LogP contribution < -0.4 is 10.6 Å². The third-order valence-electron chi connectivity index (χ3n) is 2.07. The minimum atomic E-state index is 0.0991. The number of hydrogen-bond donors (Lipinski definition) is 2. The Labute approximate surface area is 90.1 Å². The number of amides is 1. The number of pyridine rings is 1. The molecule has 0 aromatic carbocycles. The summed E-state index contributed by atoms with van der Waals surface area (Å²) in [5.41, 5.74) is 1.08. The summed E-state index contributed by atoms with van der Waals surface area (Å²) in [4.78, 5) is 15.2. The molecule has 0 spiro atoms. The van der Waals surface area contributed by atoms with Crippen LogP contribution in [0.25, 0.3) is 0 Å². The maximum Gasteiger partial charge on any atom is 0.220 e. The molecule has 15 heavy (non-hydrogen) atoms. The average molecular weight is 207 g/mol. The molecule has 0 atom stereocenters. The first kappa shape index (κ1) is 11.7.